The van der Waals surface area contributed by atoms with Gasteiger partial charge in [0, 0.05) is 0 Å². The third kappa shape index (κ3) is 21.9. The van der Waals surface area contributed by atoms with Gasteiger partial charge in [0.25, 0.3) is 0 Å². The molecule has 10 atom stereocenters. The van der Waals surface area contributed by atoms with Gasteiger partial charge in [0.1, 0.15) is 62.0 Å². The summed E-state index contributed by atoms with van der Waals surface area (Å²) >= 11 is 0. The molecule has 61 heavy (non-hydrogen) atoms. The van der Waals surface area contributed by atoms with Crippen molar-refractivity contribution in [1.29, 1.82) is 0 Å². The molecule has 0 aromatic heterocycles. The van der Waals surface area contributed by atoms with E-state index in [0.717, 1.165) is 103 Å². The highest BCUT2D eigenvalue weighted by Gasteiger charge is 2.50. The molecule has 0 aromatic carbocycles. The maximum atomic E-state index is 13.4. The van der Waals surface area contributed by atoms with Crippen LogP contribution in [0.2, 0.25) is 0 Å². The molecule has 0 amide bonds. The van der Waals surface area contributed by atoms with Crippen LogP contribution in [-0.2, 0) is 33.3 Å². The summed E-state index contributed by atoms with van der Waals surface area (Å²) in [5.41, 5.74) is 0. The number of ether oxygens (including phenoxy) is 5. The van der Waals surface area contributed by atoms with E-state index in [2.05, 4.69) is 27.7 Å². The van der Waals surface area contributed by atoms with E-state index in [-0.39, 0.29) is 11.8 Å². The fraction of sp³-hybridized carbons (Fsp3) is 0.958. The second kappa shape index (κ2) is 34.0. The first-order chi connectivity index (χ1) is 29.5. The molecule has 2 fully saturated rings. The van der Waals surface area contributed by atoms with Gasteiger partial charge in [-0.05, 0) is 25.7 Å². The van der Waals surface area contributed by atoms with E-state index in [1.807, 2.05) is 0 Å². The van der Waals surface area contributed by atoms with E-state index in [4.69, 9.17) is 23.7 Å². The van der Waals surface area contributed by atoms with Crippen molar-refractivity contribution < 1.29 is 63.9 Å². The molecule has 13 nitrogen and oxygen atoms in total. The lowest BCUT2D eigenvalue weighted by Gasteiger charge is -2.44. The van der Waals surface area contributed by atoms with E-state index >= 15 is 0 Å². The summed E-state index contributed by atoms with van der Waals surface area (Å²) in [6, 6.07) is 0. The zero-order valence-corrected chi connectivity index (χ0v) is 38.7. The van der Waals surface area contributed by atoms with Gasteiger partial charge < -0.3 is 54.3 Å². The molecule has 2 heterocycles. The van der Waals surface area contributed by atoms with Crippen molar-refractivity contribution in [1.82, 2.24) is 0 Å². The molecule has 13 heteroatoms. The first kappa shape index (κ1) is 55.7. The molecule has 2 aliphatic rings. The number of aliphatic hydroxyl groups excluding tert-OH is 6. The maximum Gasteiger partial charge on any atom is 0.309 e. The van der Waals surface area contributed by atoms with Crippen LogP contribution in [0.25, 0.3) is 0 Å². The molecule has 0 radical (unpaired) electrons. The zero-order chi connectivity index (χ0) is 44.8. The highest BCUT2D eigenvalue weighted by atomic mass is 16.8. The minimum Gasteiger partial charge on any atom is -0.463 e. The minimum atomic E-state index is -1.81. The second-order valence-corrected chi connectivity index (χ2v) is 18.0. The number of rotatable bonds is 36. The van der Waals surface area contributed by atoms with Gasteiger partial charge >= 0.3 is 11.9 Å². The van der Waals surface area contributed by atoms with Gasteiger partial charge in [-0.15, -0.1) is 0 Å². The van der Waals surface area contributed by atoms with Gasteiger partial charge in [0.05, 0.1) is 11.8 Å². The average molecular weight is 875 g/mol. The molecule has 6 N–H and O–H groups in total. The lowest BCUT2D eigenvalue weighted by molar-refractivity contribution is -0.376. The summed E-state index contributed by atoms with van der Waals surface area (Å²) in [6.45, 7) is 7.88. The number of hydrogen-bond donors (Lipinski definition) is 6. The molecule has 0 aromatic rings. The average Bonchev–Trinajstić information content (AvgIpc) is 3.25. The van der Waals surface area contributed by atoms with Gasteiger partial charge in [0.15, 0.2) is 12.6 Å². The number of hydrogen-bond acceptors (Lipinski definition) is 13. The predicted molar refractivity (Wildman–Crippen MR) is 235 cm³/mol. The molecule has 0 saturated carbocycles. The Labute approximate surface area is 369 Å². The molecule has 2 aliphatic heterocycles. The van der Waals surface area contributed by atoms with Crippen LogP contribution in [0.15, 0.2) is 0 Å². The summed E-state index contributed by atoms with van der Waals surface area (Å²) in [7, 11) is 0. The quantitative estimate of drug-likeness (QED) is 0.0262. The van der Waals surface area contributed by atoms with Gasteiger partial charge in [-0.25, -0.2) is 0 Å². The normalized spacial score (nSPS) is 26.9. The van der Waals surface area contributed by atoms with Gasteiger partial charge in [-0.3, -0.25) is 9.59 Å². The van der Waals surface area contributed by atoms with Crippen molar-refractivity contribution in [3.8, 4) is 0 Å². The van der Waals surface area contributed by atoms with E-state index in [1.54, 1.807) is 0 Å². The Morgan fingerprint density at radius 1 is 0.393 bits per heavy atom. The molecular formula is C48H90O13. The highest BCUT2D eigenvalue weighted by Crippen LogP contribution is 2.30. The van der Waals surface area contributed by atoms with Gasteiger partial charge in [-0.2, -0.15) is 0 Å². The third-order valence-electron chi connectivity index (χ3n) is 12.7. The second-order valence-electron chi connectivity index (χ2n) is 18.0. The van der Waals surface area contributed by atoms with Crippen molar-refractivity contribution in [3.63, 3.8) is 0 Å². The third-order valence-corrected chi connectivity index (χ3v) is 12.7. The maximum absolute atomic E-state index is 13.4. The van der Waals surface area contributed by atoms with Crippen molar-refractivity contribution >= 4 is 11.9 Å². The molecule has 0 aliphatic carbocycles. The topological polar surface area (TPSA) is 202 Å². The van der Waals surface area contributed by atoms with Crippen LogP contribution in [0.4, 0.5) is 0 Å². The standard InChI is InChI=1S/C48H90O13/c1-5-9-13-17-21-25-29-35(30-26-22-18-14-10-6-2)45(55)57-33-37-39(49)41(51)43(53)47(59-37)61-48-44(54)42(52)40(50)38(60-48)34-58-46(56)36(31-27-23-19-15-11-7-3)32-28-24-20-16-12-8-4/h35-44,47-54H,5-34H2,1-4H3/t37?,38?,39-,40-,41+,42+,43?,44?,47-,48-/m1/s1. The van der Waals surface area contributed by atoms with Crippen molar-refractivity contribution in [2.45, 2.75) is 269 Å². The van der Waals surface area contributed by atoms with Gasteiger partial charge in [-0.1, -0.05) is 182 Å². The Hall–Kier alpha value is -1.42. The lowest BCUT2D eigenvalue weighted by Crippen LogP contribution is -2.64. The summed E-state index contributed by atoms with van der Waals surface area (Å²) in [5, 5.41) is 64.9. The zero-order valence-electron chi connectivity index (χ0n) is 38.7. The van der Waals surface area contributed by atoms with Crippen molar-refractivity contribution in [2.24, 2.45) is 11.8 Å². The summed E-state index contributed by atoms with van der Waals surface area (Å²) in [4.78, 5) is 26.8. The molecule has 4 unspecified atom stereocenters. The summed E-state index contributed by atoms with van der Waals surface area (Å²) in [6.07, 6.45) is 12.8. The van der Waals surface area contributed by atoms with Crippen LogP contribution in [0.3, 0.4) is 0 Å². The van der Waals surface area contributed by atoms with Crippen LogP contribution < -0.4 is 0 Å². The molecule has 2 rings (SSSR count). The number of unbranched alkanes of at least 4 members (excludes halogenated alkanes) is 20. The summed E-state index contributed by atoms with van der Waals surface area (Å²) < 4.78 is 28.8. The molecule has 0 bridgehead atoms. The minimum absolute atomic E-state index is 0.313. The molecule has 0 spiro atoms. The van der Waals surface area contributed by atoms with Crippen LogP contribution in [0, 0.1) is 11.8 Å². The number of aliphatic hydroxyl groups is 6. The smallest absolute Gasteiger partial charge is 0.309 e. The van der Waals surface area contributed by atoms with Crippen LogP contribution in [0.1, 0.15) is 207 Å². The van der Waals surface area contributed by atoms with Crippen LogP contribution in [-0.4, -0.2) is 117 Å². The molecule has 360 valence electrons. The Morgan fingerprint density at radius 2 is 0.656 bits per heavy atom. The predicted octanol–water partition coefficient (Wildman–Crippen LogP) is 7.94. The Kier molecular flexibility index (Phi) is 31.1. The highest BCUT2D eigenvalue weighted by molar-refractivity contribution is 5.72. The van der Waals surface area contributed by atoms with Crippen molar-refractivity contribution in [3.05, 3.63) is 0 Å². The SMILES string of the molecule is CCCCCCCCC(CCCCCCCC)C(=O)OCC1O[C@H](O[C@H]2OC(COC(=O)C(CCCCCCCC)CCCCCCCC)[C@@H](O)[C@H](O)C2O)C(O)[C@@H](O)[C@@H]1O. The van der Waals surface area contributed by atoms with E-state index in [0.29, 0.717) is 25.7 Å². The summed E-state index contributed by atoms with van der Waals surface area (Å²) in [5.74, 6) is -1.44. The Morgan fingerprint density at radius 3 is 0.934 bits per heavy atom. The first-order valence-corrected chi connectivity index (χ1v) is 24.9. The Balaban J connectivity index is 2.03. The molecule has 2 saturated heterocycles. The van der Waals surface area contributed by atoms with E-state index < -0.39 is 86.6 Å². The monoisotopic (exact) mass is 875 g/mol. The number of esters is 2. The Bertz CT molecular complexity index is 982. The fourth-order valence-electron chi connectivity index (χ4n) is 8.47. The largest absolute Gasteiger partial charge is 0.463 e. The van der Waals surface area contributed by atoms with E-state index in [9.17, 15) is 40.2 Å². The lowest BCUT2D eigenvalue weighted by atomic mass is 9.94. The number of carbonyl (C=O) groups is 2. The fourth-order valence-corrected chi connectivity index (χ4v) is 8.47. The van der Waals surface area contributed by atoms with E-state index in [1.165, 1.54) is 51.4 Å². The van der Waals surface area contributed by atoms with Gasteiger partial charge in [0.2, 0.25) is 0 Å². The van der Waals surface area contributed by atoms with Crippen molar-refractivity contribution in [2.75, 3.05) is 13.2 Å². The van der Waals surface area contributed by atoms with Crippen LogP contribution >= 0.6 is 0 Å². The molecular weight excluding hydrogens is 785 g/mol. The van der Waals surface area contributed by atoms with Crippen LogP contribution in [0.5, 0.6) is 0 Å². The number of carbonyl (C=O) groups excluding carboxylic acids is 2. The first-order valence-electron chi connectivity index (χ1n) is 24.9.